The molecule has 2 rings (SSSR count). The Bertz CT molecular complexity index is 405. The molecule has 1 atom stereocenters. The first kappa shape index (κ1) is 12.9. The molecule has 0 fully saturated rings. The molecule has 0 aromatic carbocycles. The SMILES string of the molecule is CCCNC(=O)CNC1CCc2sc(Cl)cc21. The van der Waals surface area contributed by atoms with Crippen LogP contribution in [0.15, 0.2) is 6.07 Å². The van der Waals surface area contributed by atoms with E-state index in [1.807, 2.05) is 13.0 Å². The van der Waals surface area contributed by atoms with Crippen molar-refractivity contribution in [3.63, 3.8) is 0 Å². The van der Waals surface area contributed by atoms with Gasteiger partial charge in [0.05, 0.1) is 10.9 Å². The van der Waals surface area contributed by atoms with E-state index in [0.29, 0.717) is 12.6 Å². The van der Waals surface area contributed by atoms with Gasteiger partial charge in [0, 0.05) is 17.5 Å². The molecule has 1 aliphatic rings. The molecule has 1 aliphatic carbocycles. The van der Waals surface area contributed by atoms with Gasteiger partial charge in [0.2, 0.25) is 5.91 Å². The van der Waals surface area contributed by atoms with E-state index in [1.165, 1.54) is 10.4 Å². The molecule has 94 valence electrons. The molecule has 0 spiro atoms. The van der Waals surface area contributed by atoms with E-state index in [1.54, 1.807) is 11.3 Å². The number of carbonyl (C=O) groups is 1. The van der Waals surface area contributed by atoms with Gasteiger partial charge in [0.1, 0.15) is 0 Å². The highest BCUT2D eigenvalue weighted by Gasteiger charge is 2.24. The summed E-state index contributed by atoms with van der Waals surface area (Å²) in [5.41, 5.74) is 1.28. The van der Waals surface area contributed by atoms with E-state index >= 15 is 0 Å². The van der Waals surface area contributed by atoms with Crippen molar-refractivity contribution in [2.24, 2.45) is 0 Å². The lowest BCUT2D eigenvalue weighted by molar-refractivity contribution is -0.120. The van der Waals surface area contributed by atoms with Gasteiger partial charge >= 0.3 is 0 Å². The maximum Gasteiger partial charge on any atom is 0.233 e. The standard InChI is InChI=1S/C12H17ClN2OS/c1-2-5-14-12(16)7-15-9-3-4-10-8(9)6-11(13)17-10/h6,9,15H,2-5,7H2,1H3,(H,14,16). The summed E-state index contributed by atoms with van der Waals surface area (Å²) in [6.45, 7) is 3.18. The number of nitrogens with one attached hydrogen (secondary N) is 2. The number of aryl methyl sites for hydroxylation is 1. The van der Waals surface area contributed by atoms with Crippen LogP contribution in [0, 0.1) is 0 Å². The molecule has 3 nitrogen and oxygen atoms in total. The summed E-state index contributed by atoms with van der Waals surface area (Å²) in [4.78, 5) is 12.8. The summed E-state index contributed by atoms with van der Waals surface area (Å²) >= 11 is 7.64. The van der Waals surface area contributed by atoms with Crippen molar-refractivity contribution in [2.75, 3.05) is 13.1 Å². The molecule has 1 aromatic rings. The summed E-state index contributed by atoms with van der Waals surface area (Å²) in [6.07, 6.45) is 3.11. The highest BCUT2D eigenvalue weighted by Crippen LogP contribution is 2.39. The zero-order valence-corrected chi connectivity index (χ0v) is 11.5. The van der Waals surface area contributed by atoms with E-state index in [2.05, 4.69) is 10.6 Å². The van der Waals surface area contributed by atoms with Crippen molar-refractivity contribution in [2.45, 2.75) is 32.2 Å². The van der Waals surface area contributed by atoms with Gasteiger partial charge in [0.25, 0.3) is 0 Å². The summed E-state index contributed by atoms with van der Waals surface area (Å²) in [5.74, 6) is 0.0710. The number of thiophene rings is 1. The van der Waals surface area contributed by atoms with E-state index in [-0.39, 0.29) is 5.91 Å². The topological polar surface area (TPSA) is 41.1 Å². The highest BCUT2D eigenvalue weighted by atomic mass is 35.5. The van der Waals surface area contributed by atoms with Crippen LogP contribution in [0.4, 0.5) is 0 Å². The normalized spacial score (nSPS) is 18.1. The number of fused-ring (bicyclic) bond motifs is 1. The molecule has 0 saturated carbocycles. The van der Waals surface area contributed by atoms with Crippen LogP contribution in [0.1, 0.15) is 36.2 Å². The second-order valence-corrected chi connectivity index (χ2v) is 6.02. The molecule has 17 heavy (non-hydrogen) atoms. The van der Waals surface area contributed by atoms with Gasteiger partial charge in [-0.15, -0.1) is 11.3 Å². The Balaban J connectivity index is 1.83. The summed E-state index contributed by atoms with van der Waals surface area (Å²) in [6, 6.07) is 2.32. The van der Waals surface area contributed by atoms with Gasteiger partial charge < -0.3 is 10.6 Å². The Morgan fingerprint density at radius 1 is 1.65 bits per heavy atom. The lowest BCUT2D eigenvalue weighted by atomic mass is 10.2. The number of hydrogen-bond donors (Lipinski definition) is 2. The average Bonchev–Trinajstić information content (AvgIpc) is 2.83. The minimum absolute atomic E-state index is 0.0710. The van der Waals surface area contributed by atoms with Crippen LogP contribution in [-0.4, -0.2) is 19.0 Å². The first-order chi connectivity index (χ1) is 8.20. The van der Waals surface area contributed by atoms with Gasteiger partial charge in [0.15, 0.2) is 0 Å². The number of amides is 1. The van der Waals surface area contributed by atoms with Gasteiger partial charge in [-0.2, -0.15) is 0 Å². The van der Waals surface area contributed by atoms with Crippen LogP contribution in [0.3, 0.4) is 0 Å². The van der Waals surface area contributed by atoms with E-state index < -0.39 is 0 Å². The third-order valence-corrected chi connectivity index (χ3v) is 4.27. The van der Waals surface area contributed by atoms with Crippen molar-refractivity contribution >= 4 is 28.8 Å². The Labute approximate surface area is 111 Å². The zero-order chi connectivity index (χ0) is 12.3. The van der Waals surface area contributed by atoms with E-state index in [0.717, 1.165) is 30.1 Å². The predicted molar refractivity (Wildman–Crippen MR) is 71.7 cm³/mol. The maximum atomic E-state index is 11.5. The van der Waals surface area contributed by atoms with Crippen LogP contribution in [0.25, 0.3) is 0 Å². The van der Waals surface area contributed by atoms with Crippen LogP contribution >= 0.6 is 22.9 Å². The first-order valence-electron chi connectivity index (χ1n) is 5.99. The van der Waals surface area contributed by atoms with Crippen LogP contribution in [0.2, 0.25) is 4.34 Å². The fraction of sp³-hybridized carbons (Fsp3) is 0.583. The minimum atomic E-state index is 0.0710. The zero-order valence-electron chi connectivity index (χ0n) is 9.88. The summed E-state index contributed by atoms with van der Waals surface area (Å²) in [5, 5.41) is 6.16. The lowest BCUT2D eigenvalue weighted by Crippen LogP contribution is -2.35. The van der Waals surface area contributed by atoms with Gasteiger partial charge in [-0.3, -0.25) is 4.79 Å². The molecule has 1 unspecified atom stereocenters. The maximum absolute atomic E-state index is 11.5. The van der Waals surface area contributed by atoms with Gasteiger partial charge in [-0.05, 0) is 30.9 Å². The Morgan fingerprint density at radius 2 is 2.47 bits per heavy atom. The number of rotatable bonds is 5. The molecule has 0 bridgehead atoms. The molecule has 5 heteroatoms. The first-order valence-corrected chi connectivity index (χ1v) is 7.18. The molecule has 1 amide bonds. The highest BCUT2D eigenvalue weighted by molar-refractivity contribution is 7.16. The number of halogens is 1. The third-order valence-electron chi connectivity index (χ3n) is 2.93. The molecule has 2 N–H and O–H groups in total. The van der Waals surface area contributed by atoms with Crippen LogP contribution in [-0.2, 0) is 11.2 Å². The quantitative estimate of drug-likeness (QED) is 0.865. The van der Waals surface area contributed by atoms with Crippen molar-refractivity contribution in [1.82, 2.24) is 10.6 Å². The van der Waals surface area contributed by atoms with Crippen LogP contribution in [0.5, 0.6) is 0 Å². The second-order valence-electron chi connectivity index (χ2n) is 4.25. The third kappa shape index (κ3) is 3.21. The Morgan fingerprint density at radius 3 is 3.24 bits per heavy atom. The molecule has 1 aromatic heterocycles. The monoisotopic (exact) mass is 272 g/mol. The summed E-state index contributed by atoms with van der Waals surface area (Å²) in [7, 11) is 0. The van der Waals surface area contributed by atoms with Gasteiger partial charge in [-0.1, -0.05) is 18.5 Å². The fourth-order valence-corrected chi connectivity index (χ4v) is 3.44. The number of hydrogen-bond acceptors (Lipinski definition) is 3. The lowest BCUT2D eigenvalue weighted by Gasteiger charge is -2.12. The number of carbonyl (C=O) groups excluding carboxylic acids is 1. The minimum Gasteiger partial charge on any atom is -0.355 e. The van der Waals surface area contributed by atoms with E-state index in [4.69, 9.17) is 11.6 Å². The summed E-state index contributed by atoms with van der Waals surface area (Å²) < 4.78 is 0.844. The van der Waals surface area contributed by atoms with E-state index in [9.17, 15) is 4.79 Å². The largest absolute Gasteiger partial charge is 0.355 e. The van der Waals surface area contributed by atoms with Crippen molar-refractivity contribution < 1.29 is 4.79 Å². The smallest absolute Gasteiger partial charge is 0.233 e. The Hall–Kier alpha value is -0.580. The molecule has 0 aliphatic heterocycles. The van der Waals surface area contributed by atoms with Crippen LogP contribution < -0.4 is 10.6 Å². The van der Waals surface area contributed by atoms with Crippen molar-refractivity contribution in [3.05, 3.63) is 20.8 Å². The predicted octanol–water partition coefficient (Wildman–Crippen LogP) is 2.50. The second kappa shape index (κ2) is 5.85. The van der Waals surface area contributed by atoms with Crippen molar-refractivity contribution in [1.29, 1.82) is 0 Å². The molecule has 0 saturated heterocycles. The molecule has 0 radical (unpaired) electrons. The molecular weight excluding hydrogens is 256 g/mol. The molecule has 1 heterocycles. The fourth-order valence-electron chi connectivity index (χ4n) is 2.08. The molecular formula is C12H17ClN2OS. The van der Waals surface area contributed by atoms with Gasteiger partial charge in [-0.25, -0.2) is 0 Å². The van der Waals surface area contributed by atoms with Crippen molar-refractivity contribution in [3.8, 4) is 0 Å². The average molecular weight is 273 g/mol. The Kier molecular flexibility index (Phi) is 4.42.